The summed E-state index contributed by atoms with van der Waals surface area (Å²) >= 11 is 0. The van der Waals surface area contributed by atoms with Crippen molar-refractivity contribution in [3.8, 4) is 40.5 Å². The van der Waals surface area contributed by atoms with Gasteiger partial charge in [-0.3, -0.25) is 14.4 Å². The van der Waals surface area contributed by atoms with Gasteiger partial charge in [0.2, 0.25) is 17.7 Å². The number of carbonyl (C=O) groups is 4. The molecule has 4 amide bonds. The predicted octanol–water partition coefficient (Wildman–Crippen LogP) is 7.57. The summed E-state index contributed by atoms with van der Waals surface area (Å²) in [7, 11) is 1.27. The van der Waals surface area contributed by atoms with Crippen LogP contribution in [0.25, 0.3) is 44.2 Å². The van der Waals surface area contributed by atoms with Gasteiger partial charge >= 0.3 is 6.09 Å². The van der Waals surface area contributed by atoms with Crippen molar-refractivity contribution >= 4 is 45.6 Å². The summed E-state index contributed by atoms with van der Waals surface area (Å²) in [5.74, 6) is 3.77. The van der Waals surface area contributed by atoms with Crippen LogP contribution in [0.5, 0.6) is 5.75 Å². The zero-order chi connectivity index (χ0) is 44.9. The molecule has 0 unspecified atom stereocenters. The van der Waals surface area contributed by atoms with Crippen molar-refractivity contribution < 1.29 is 28.7 Å². The molecule has 14 nitrogen and oxygen atoms in total. The standard InChI is InChI=1S/C50H52N8O6/c1-6-8-21-57(49(61)45(31-13-11-10-12-14-31)55-47(59)32-15-16-32)27-42-51-26-40(53-42)34-17-19-36-35(23-34)29-64-41-25-37-33(24-38(36)41)18-20-39-46(37)54-43(52-39)28-58(22-9-7-2)48(60)44(30(3)4)56-50(62)63-5/h1,7,10-14,17-20,23-26,30,32,44-45H,2,8-9,15-16,21-22,27-29H2,3-5H3,(H,51,53)(H,52,54)(H,55,59)(H,56,62)/t44-,45+/m0/s1. The summed E-state index contributed by atoms with van der Waals surface area (Å²) < 4.78 is 11.2. The molecular weight excluding hydrogens is 809 g/mol. The monoisotopic (exact) mass is 860 g/mol. The van der Waals surface area contributed by atoms with E-state index in [4.69, 9.17) is 20.9 Å². The quantitative estimate of drug-likeness (QED) is 0.0537. The lowest BCUT2D eigenvalue weighted by atomic mass is 9.92. The van der Waals surface area contributed by atoms with Gasteiger partial charge in [0, 0.05) is 36.4 Å². The molecular formula is C50H52N8O6. The van der Waals surface area contributed by atoms with Crippen molar-refractivity contribution in [3.05, 3.63) is 114 Å². The fourth-order valence-electron chi connectivity index (χ4n) is 8.13. The summed E-state index contributed by atoms with van der Waals surface area (Å²) in [6.45, 7) is 9.03. The number of fused-ring (bicyclic) bond motifs is 6. The molecule has 328 valence electrons. The Labute approximate surface area is 371 Å². The Hall–Kier alpha value is -7.40. The molecule has 1 aliphatic heterocycles. The highest BCUT2D eigenvalue weighted by Gasteiger charge is 2.35. The van der Waals surface area contributed by atoms with E-state index in [0.717, 1.165) is 68.3 Å². The second-order valence-electron chi connectivity index (χ2n) is 16.7. The number of nitrogens with zero attached hydrogens (tertiary/aromatic N) is 4. The fourth-order valence-corrected chi connectivity index (χ4v) is 8.13. The van der Waals surface area contributed by atoms with Crippen LogP contribution in [0.4, 0.5) is 4.79 Å². The van der Waals surface area contributed by atoms with Crippen LogP contribution in [-0.2, 0) is 38.8 Å². The molecule has 1 saturated carbocycles. The van der Waals surface area contributed by atoms with Gasteiger partial charge < -0.3 is 39.9 Å². The molecule has 0 spiro atoms. The molecule has 2 aliphatic rings. The van der Waals surface area contributed by atoms with Crippen LogP contribution in [0.3, 0.4) is 0 Å². The summed E-state index contributed by atoms with van der Waals surface area (Å²) in [5.41, 5.74) is 7.02. The average molecular weight is 861 g/mol. The third-order valence-electron chi connectivity index (χ3n) is 11.8. The Morgan fingerprint density at radius 1 is 0.953 bits per heavy atom. The second kappa shape index (κ2) is 18.9. The lowest BCUT2D eigenvalue weighted by Gasteiger charge is -2.28. The highest BCUT2D eigenvalue weighted by molar-refractivity contribution is 6.07. The maximum absolute atomic E-state index is 14.1. The number of carbonyl (C=O) groups excluding carboxylic acids is 4. The van der Waals surface area contributed by atoms with E-state index in [-0.39, 0.29) is 42.6 Å². The Morgan fingerprint density at radius 2 is 1.73 bits per heavy atom. The third-order valence-corrected chi connectivity index (χ3v) is 11.8. The smallest absolute Gasteiger partial charge is 0.407 e. The number of H-pyrrole nitrogens is 2. The molecule has 64 heavy (non-hydrogen) atoms. The van der Waals surface area contributed by atoms with Gasteiger partial charge in [-0.25, -0.2) is 14.8 Å². The predicted molar refractivity (Wildman–Crippen MR) is 244 cm³/mol. The minimum Gasteiger partial charge on any atom is -0.488 e. The van der Waals surface area contributed by atoms with Gasteiger partial charge in [0.25, 0.3) is 0 Å². The van der Waals surface area contributed by atoms with E-state index in [1.54, 1.807) is 22.1 Å². The van der Waals surface area contributed by atoms with E-state index in [0.29, 0.717) is 49.8 Å². The van der Waals surface area contributed by atoms with Crippen molar-refractivity contribution in [1.29, 1.82) is 0 Å². The molecule has 6 aromatic rings. The van der Waals surface area contributed by atoms with Crippen LogP contribution < -0.4 is 15.4 Å². The number of nitrogens with one attached hydrogen (secondary N) is 4. The third kappa shape index (κ3) is 9.34. The van der Waals surface area contributed by atoms with Gasteiger partial charge in [-0.15, -0.1) is 18.9 Å². The number of hydrogen-bond acceptors (Lipinski definition) is 8. The first-order valence-corrected chi connectivity index (χ1v) is 21.6. The molecule has 8 rings (SSSR count). The van der Waals surface area contributed by atoms with E-state index in [9.17, 15) is 19.2 Å². The topological polar surface area (TPSA) is 175 Å². The number of alkyl carbamates (subject to hydrolysis) is 1. The second-order valence-corrected chi connectivity index (χ2v) is 16.7. The van der Waals surface area contributed by atoms with Crippen LogP contribution in [0, 0.1) is 24.2 Å². The van der Waals surface area contributed by atoms with Crippen molar-refractivity contribution in [2.24, 2.45) is 11.8 Å². The first kappa shape index (κ1) is 43.3. The van der Waals surface area contributed by atoms with Gasteiger partial charge in [-0.05, 0) is 77.1 Å². The first-order valence-electron chi connectivity index (χ1n) is 21.6. The molecule has 1 fully saturated rings. The summed E-state index contributed by atoms with van der Waals surface area (Å²) in [4.78, 5) is 72.7. The molecule has 1 aliphatic carbocycles. The Bertz CT molecular complexity index is 2770. The molecule has 14 heteroatoms. The van der Waals surface area contributed by atoms with E-state index in [1.165, 1.54) is 7.11 Å². The van der Waals surface area contributed by atoms with Crippen molar-refractivity contribution in [2.45, 2.75) is 71.3 Å². The minimum atomic E-state index is -0.840. The number of methoxy groups -OCH3 is 1. The first-order chi connectivity index (χ1) is 31.0. The summed E-state index contributed by atoms with van der Waals surface area (Å²) in [5, 5.41) is 7.57. The van der Waals surface area contributed by atoms with Crippen molar-refractivity contribution in [2.75, 3.05) is 20.2 Å². The number of amides is 4. The average Bonchev–Trinajstić information content (AvgIpc) is 3.92. The molecule has 4 aromatic carbocycles. The van der Waals surface area contributed by atoms with E-state index < -0.39 is 18.2 Å². The molecule has 0 bridgehead atoms. The maximum Gasteiger partial charge on any atom is 0.407 e. The van der Waals surface area contributed by atoms with Gasteiger partial charge in [-0.1, -0.05) is 68.5 Å². The molecule has 3 heterocycles. The number of terminal acetylenes is 1. The molecule has 0 saturated heterocycles. The number of benzene rings is 4. The summed E-state index contributed by atoms with van der Waals surface area (Å²) in [6, 6.07) is 22.1. The van der Waals surface area contributed by atoms with Gasteiger partial charge in [0.1, 0.15) is 36.1 Å². The Morgan fingerprint density at radius 3 is 2.47 bits per heavy atom. The van der Waals surface area contributed by atoms with Gasteiger partial charge in [-0.2, -0.15) is 0 Å². The summed E-state index contributed by atoms with van der Waals surface area (Å²) in [6.07, 6.45) is 11.1. The van der Waals surface area contributed by atoms with Crippen LogP contribution in [-0.4, -0.2) is 79.8 Å². The maximum atomic E-state index is 14.1. The Kier molecular flexibility index (Phi) is 12.8. The number of hydrogen-bond donors (Lipinski definition) is 4. The van der Waals surface area contributed by atoms with Crippen LogP contribution in [0.2, 0.25) is 0 Å². The number of aromatic nitrogens is 4. The lowest BCUT2D eigenvalue weighted by Crippen LogP contribution is -2.51. The molecule has 2 aromatic heterocycles. The normalized spacial score (nSPS) is 13.8. The minimum absolute atomic E-state index is 0.0536. The fraction of sp³-hybridized carbons (Fsp3) is 0.320. The molecule has 2 atom stereocenters. The zero-order valence-corrected chi connectivity index (χ0v) is 36.3. The van der Waals surface area contributed by atoms with Gasteiger partial charge in [0.15, 0.2) is 0 Å². The lowest BCUT2D eigenvalue weighted by molar-refractivity contribution is -0.137. The zero-order valence-electron chi connectivity index (χ0n) is 36.3. The highest BCUT2D eigenvalue weighted by atomic mass is 16.5. The number of imidazole rings is 2. The van der Waals surface area contributed by atoms with E-state index in [2.05, 4.69) is 56.3 Å². The number of aromatic amines is 2. The van der Waals surface area contributed by atoms with Gasteiger partial charge in [0.05, 0.1) is 43.1 Å². The van der Waals surface area contributed by atoms with Crippen LogP contribution in [0.15, 0.2) is 91.6 Å². The SMILES string of the molecule is C#CCCN(Cc1ncc(-c2ccc3c(c2)COc2cc4c(ccc5[nH]c(CN(CCC=C)C(=O)[C@@H](NC(=O)OC)C(C)C)nc54)cc2-3)[nH]1)C(=O)[C@H](NC(=O)C1CC1)c1ccccc1. The number of rotatable bonds is 17. The van der Waals surface area contributed by atoms with Crippen molar-refractivity contribution in [1.82, 2.24) is 40.4 Å². The Balaban J connectivity index is 1.01. The van der Waals surface area contributed by atoms with Crippen LogP contribution >= 0.6 is 0 Å². The van der Waals surface area contributed by atoms with Crippen LogP contribution in [0.1, 0.15) is 68.3 Å². The highest BCUT2D eigenvalue weighted by Crippen LogP contribution is 2.42. The largest absolute Gasteiger partial charge is 0.488 e. The van der Waals surface area contributed by atoms with E-state index in [1.807, 2.05) is 68.4 Å². The van der Waals surface area contributed by atoms with Crippen molar-refractivity contribution in [3.63, 3.8) is 0 Å². The molecule has 4 N–H and O–H groups in total. The number of ether oxygens (including phenoxy) is 2. The molecule has 0 radical (unpaired) electrons. The van der Waals surface area contributed by atoms with E-state index >= 15 is 0 Å².